The van der Waals surface area contributed by atoms with Gasteiger partial charge in [-0.05, 0) is 49.3 Å². The number of fused-ring (bicyclic) bond motifs is 1. The maximum Gasteiger partial charge on any atom is 0.344 e. The Balaban J connectivity index is 1.08. The monoisotopic (exact) mass is 1260 g/mol. The minimum atomic E-state index is -1.24. The number of aliphatic imine (C=N–C) groups is 1. The molecule has 2 atom stereocenters. The first kappa shape index (κ1) is 72.4. The number of ether oxygens (including phenoxy) is 1. The van der Waals surface area contributed by atoms with Crippen LogP contribution < -0.4 is 42.4 Å². The fourth-order valence-electron chi connectivity index (χ4n) is 10.3. The number of carbonyl (C=O) groups excluding carboxylic acids is 6. The van der Waals surface area contributed by atoms with Crippen molar-refractivity contribution in [3.63, 3.8) is 0 Å². The quantitative estimate of drug-likeness (QED) is 0.0227. The summed E-state index contributed by atoms with van der Waals surface area (Å²) >= 11 is 0. The summed E-state index contributed by atoms with van der Waals surface area (Å²) in [7, 11) is 0. The van der Waals surface area contributed by atoms with Gasteiger partial charge in [-0.15, -0.1) is 0 Å². The Kier molecular flexibility index (Phi) is 31.3. The number of carboxylic acids is 3. The Hall–Kier alpha value is -8.38. The summed E-state index contributed by atoms with van der Waals surface area (Å²) in [5, 5.41) is 54.3. The van der Waals surface area contributed by atoms with Gasteiger partial charge in [-0.2, -0.15) is 4.99 Å². The molecule has 12 N–H and O–H groups in total. The standard InChI is InChI=1S/C61H87F2N13O14/c1-2-52(79)66-22-23-68-61(89)71-60(64)67-20-11-17-50(58(87)69-35-46-48(62)33-45(78)34-49(46)63)70-59(88)57(42-13-6-5-7-14-42)76-36-43-15-10-18-51(47(43)38-76)90-32-12-21-65-53(80)19-9-4-3-8-16-44(77)37-72-24-26-73(39-54(81)82)28-30-75(41-56(85)86)31-29-74(27-25-72)40-55(83)84/h5-7,10,13-15,18,33-34,50,57,78H,2-4,8-9,11-12,16-17,19-32,35-41H2,1H3,(H,65,80)(H,66,79)(H,69,87)(H,70,88)(H,81,82)(H,83,84)(H,85,86)(H4,64,67,68,71,89)/t50-,57+/m1/s1. The number of hydrogen-bond acceptors (Lipinski definition) is 16. The molecular weight excluding hydrogens is 1180 g/mol. The molecule has 0 unspecified atom stereocenters. The van der Waals surface area contributed by atoms with Crippen LogP contribution in [0.3, 0.4) is 0 Å². The summed E-state index contributed by atoms with van der Waals surface area (Å²) < 4.78 is 35.7. The van der Waals surface area contributed by atoms with Crippen molar-refractivity contribution in [1.29, 1.82) is 0 Å². The number of aromatic hydroxyl groups is 1. The molecule has 3 aromatic carbocycles. The summed E-state index contributed by atoms with van der Waals surface area (Å²) in [5.74, 6) is -7.13. The molecular formula is C61H87F2N13O14. The van der Waals surface area contributed by atoms with Gasteiger partial charge in [-0.1, -0.05) is 62.2 Å². The van der Waals surface area contributed by atoms with Crippen LogP contribution in [-0.2, 0) is 58.0 Å². The molecule has 0 saturated carbocycles. The average Bonchev–Trinajstić information content (AvgIpc) is 1.66. The van der Waals surface area contributed by atoms with Gasteiger partial charge in [0.1, 0.15) is 41.0 Å². The summed E-state index contributed by atoms with van der Waals surface area (Å²) in [6.07, 6.45) is 4.26. The maximum atomic E-state index is 14.7. The number of benzene rings is 3. The molecule has 2 heterocycles. The molecule has 0 spiro atoms. The van der Waals surface area contributed by atoms with Crippen LogP contribution in [0.5, 0.6) is 11.5 Å². The fourth-order valence-corrected chi connectivity index (χ4v) is 10.3. The first-order chi connectivity index (χ1) is 43.2. The van der Waals surface area contributed by atoms with Gasteiger partial charge < -0.3 is 62.8 Å². The number of amides is 6. The fraction of sp³-hybridized carbons (Fsp3) is 0.541. The van der Waals surface area contributed by atoms with Crippen LogP contribution in [0, 0.1) is 11.6 Å². The number of carboxylic acid groups (broad SMARTS) is 3. The lowest BCUT2D eigenvalue weighted by atomic mass is 10.0. The van der Waals surface area contributed by atoms with Gasteiger partial charge in [0.15, 0.2) is 5.96 Å². The summed E-state index contributed by atoms with van der Waals surface area (Å²) in [5.41, 5.74) is 7.80. The third-order valence-electron chi connectivity index (χ3n) is 15.1. The first-order valence-corrected chi connectivity index (χ1v) is 30.4. The lowest BCUT2D eigenvalue weighted by molar-refractivity contribution is -0.140. The molecule has 1 fully saturated rings. The summed E-state index contributed by atoms with van der Waals surface area (Å²) in [6, 6.07) is 13.0. The van der Waals surface area contributed by atoms with Crippen LogP contribution in [0.1, 0.15) is 99.4 Å². The van der Waals surface area contributed by atoms with Gasteiger partial charge in [-0.25, -0.2) is 13.6 Å². The molecule has 0 radical (unpaired) electrons. The predicted molar refractivity (Wildman–Crippen MR) is 327 cm³/mol. The molecule has 2 aliphatic heterocycles. The Labute approximate surface area is 522 Å². The molecule has 0 aliphatic carbocycles. The van der Waals surface area contributed by atoms with Crippen LogP contribution in [0.25, 0.3) is 0 Å². The number of phenols is 1. The van der Waals surface area contributed by atoms with Crippen molar-refractivity contribution in [2.45, 2.75) is 103 Å². The van der Waals surface area contributed by atoms with Crippen LogP contribution >= 0.6 is 0 Å². The number of carbonyl (C=O) groups is 9. The third kappa shape index (κ3) is 26.8. The van der Waals surface area contributed by atoms with Crippen LogP contribution in [0.15, 0.2) is 65.7 Å². The van der Waals surface area contributed by atoms with Crippen molar-refractivity contribution in [3.8, 4) is 11.5 Å². The van der Waals surface area contributed by atoms with Gasteiger partial charge in [0.05, 0.1) is 32.8 Å². The summed E-state index contributed by atoms with van der Waals surface area (Å²) in [4.78, 5) is 126. The van der Waals surface area contributed by atoms with Gasteiger partial charge >= 0.3 is 23.9 Å². The highest BCUT2D eigenvalue weighted by molar-refractivity contribution is 5.92. The highest BCUT2D eigenvalue weighted by atomic mass is 19.1. The average molecular weight is 1260 g/mol. The van der Waals surface area contributed by atoms with Gasteiger partial charge in [-0.3, -0.25) is 62.9 Å². The zero-order chi connectivity index (χ0) is 65.4. The van der Waals surface area contributed by atoms with Gasteiger partial charge in [0.25, 0.3) is 0 Å². The molecule has 27 nitrogen and oxygen atoms in total. The second-order valence-electron chi connectivity index (χ2n) is 22.1. The molecule has 2 aliphatic rings. The molecule has 1 saturated heterocycles. The number of Topliss-reactive ketones (excluding diaryl/α,β-unsaturated/α-hetero) is 1. The van der Waals surface area contributed by atoms with E-state index in [1.807, 2.05) is 28.0 Å². The number of nitrogens with two attached hydrogens (primary N) is 1. The van der Waals surface area contributed by atoms with E-state index in [0.717, 1.165) is 24.0 Å². The van der Waals surface area contributed by atoms with Crippen molar-refractivity contribution < 1.29 is 77.1 Å². The lowest BCUT2D eigenvalue weighted by Crippen LogP contribution is -2.50. The van der Waals surface area contributed by atoms with Crippen LogP contribution in [-0.4, -0.2) is 222 Å². The van der Waals surface area contributed by atoms with E-state index < -0.39 is 77.3 Å². The Morgan fingerprint density at radius 1 is 0.611 bits per heavy atom. The zero-order valence-electron chi connectivity index (χ0n) is 51.0. The maximum absolute atomic E-state index is 14.7. The minimum Gasteiger partial charge on any atom is -0.508 e. The van der Waals surface area contributed by atoms with Gasteiger partial charge in [0, 0.05) is 141 Å². The molecule has 90 heavy (non-hydrogen) atoms. The third-order valence-corrected chi connectivity index (χ3v) is 15.1. The number of ketones is 1. The number of halogens is 2. The first-order valence-electron chi connectivity index (χ1n) is 30.4. The largest absolute Gasteiger partial charge is 0.508 e. The Morgan fingerprint density at radius 2 is 1.17 bits per heavy atom. The van der Waals surface area contributed by atoms with E-state index in [4.69, 9.17) is 10.5 Å². The van der Waals surface area contributed by atoms with E-state index in [0.29, 0.717) is 101 Å². The second-order valence-corrected chi connectivity index (χ2v) is 22.1. The molecule has 0 aromatic heterocycles. The van der Waals surface area contributed by atoms with Crippen LogP contribution in [0.2, 0.25) is 0 Å². The normalized spacial score (nSPS) is 15.4. The highest BCUT2D eigenvalue weighted by Gasteiger charge is 2.36. The van der Waals surface area contributed by atoms with E-state index in [2.05, 4.69) is 36.9 Å². The summed E-state index contributed by atoms with van der Waals surface area (Å²) in [6.45, 7) is 4.54. The molecule has 29 heteroatoms. The number of urea groups is 1. The van der Waals surface area contributed by atoms with Crippen molar-refractivity contribution in [1.82, 2.24) is 56.4 Å². The predicted octanol–water partition coefficient (Wildman–Crippen LogP) is 1.72. The van der Waals surface area contributed by atoms with Gasteiger partial charge in [0.2, 0.25) is 23.6 Å². The molecule has 6 amide bonds. The van der Waals surface area contributed by atoms with E-state index in [1.165, 1.54) is 0 Å². The number of phenolic OH excluding ortho intramolecular Hbond substituents is 1. The Morgan fingerprint density at radius 3 is 1.76 bits per heavy atom. The smallest absolute Gasteiger partial charge is 0.344 e. The van der Waals surface area contributed by atoms with Crippen molar-refractivity contribution in [2.75, 3.05) is 111 Å². The number of rotatable bonds is 35. The zero-order valence-corrected chi connectivity index (χ0v) is 51.0. The van der Waals surface area contributed by atoms with E-state index in [1.54, 1.807) is 52.0 Å². The lowest BCUT2D eigenvalue weighted by Gasteiger charge is -2.32. The van der Waals surface area contributed by atoms with Crippen molar-refractivity contribution in [3.05, 3.63) is 94.6 Å². The van der Waals surface area contributed by atoms with Crippen molar-refractivity contribution >= 4 is 59.3 Å². The highest BCUT2D eigenvalue weighted by Crippen LogP contribution is 2.36. The van der Waals surface area contributed by atoms with E-state index in [9.17, 15) is 72.4 Å². The van der Waals surface area contributed by atoms with Crippen LogP contribution in [0.4, 0.5) is 13.6 Å². The van der Waals surface area contributed by atoms with E-state index in [-0.39, 0.29) is 122 Å². The number of aliphatic carboxylic acids is 3. The Bertz CT molecular complexity index is 2850. The second kappa shape index (κ2) is 38.9. The number of guanidine groups is 1. The number of unbranched alkanes of at least 4 members (excludes halogenated alkanes) is 3. The van der Waals surface area contributed by atoms with E-state index >= 15 is 0 Å². The van der Waals surface area contributed by atoms with Crippen molar-refractivity contribution in [2.24, 2.45) is 10.7 Å². The topological polar surface area (TPSA) is 371 Å². The molecule has 3 aromatic rings. The SMILES string of the molecule is CCC(=O)NCCNC(=O)/N=C(/N)NCCC[C@@H](NC(=O)[C@H](c1ccccc1)N1Cc2cccc(OCCCNC(=O)CCCCCCC(=O)CN3CCN(CC(=O)O)CCN(CC(=O)O)CCN(CC(=O)O)CC3)c2C1)C(=O)NCc1c(F)cc(O)cc1F. The molecule has 0 bridgehead atoms. The molecule has 494 valence electrons. The molecule has 5 rings (SSSR count). The minimum absolute atomic E-state index is 0.00195. The number of hydrogen-bond donors (Lipinski definition) is 11. The number of nitrogens with one attached hydrogen (secondary N) is 6. The number of nitrogens with zero attached hydrogens (tertiary/aromatic N) is 6.